The summed E-state index contributed by atoms with van der Waals surface area (Å²) < 4.78 is 27.0. The highest BCUT2D eigenvalue weighted by Gasteiger charge is 2.30. The SMILES string of the molecule is CS(=O)(=O)N1CCCC(c2nnc3sc(CSc4ccc(Cl)cc4)nn23)C1. The predicted molar refractivity (Wildman–Crippen MR) is 108 cm³/mol. The fourth-order valence-corrected chi connectivity index (χ4v) is 5.88. The number of halogens is 1. The molecule has 11 heteroatoms. The lowest BCUT2D eigenvalue weighted by Gasteiger charge is -2.29. The molecule has 1 saturated heterocycles. The van der Waals surface area contributed by atoms with E-state index in [0.29, 0.717) is 13.1 Å². The minimum absolute atomic E-state index is 0.0161. The molecular formula is C16H18ClN5O2S3. The molecule has 2 aromatic heterocycles. The van der Waals surface area contributed by atoms with Gasteiger partial charge in [-0.2, -0.15) is 9.61 Å². The second kappa shape index (κ2) is 7.67. The summed E-state index contributed by atoms with van der Waals surface area (Å²) in [6.45, 7) is 1.00. The molecule has 1 fully saturated rings. The lowest BCUT2D eigenvalue weighted by Crippen LogP contribution is -2.38. The Kier molecular flexibility index (Phi) is 5.43. The van der Waals surface area contributed by atoms with Crippen molar-refractivity contribution in [2.45, 2.75) is 29.4 Å². The van der Waals surface area contributed by atoms with Crippen LogP contribution in [0.5, 0.6) is 0 Å². The Bertz CT molecular complexity index is 1050. The van der Waals surface area contributed by atoms with Crippen molar-refractivity contribution in [2.75, 3.05) is 19.3 Å². The third-order valence-electron chi connectivity index (χ3n) is 4.45. The van der Waals surface area contributed by atoms with Crippen LogP contribution in [0.3, 0.4) is 0 Å². The van der Waals surface area contributed by atoms with E-state index >= 15 is 0 Å². The van der Waals surface area contributed by atoms with Crippen molar-refractivity contribution in [3.63, 3.8) is 0 Å². The molecule has 1 aromatic carbocycles. The first-order valence-corrected chi connectivity index (χ1v) is 12.5. The van der Waals surface area contributed by atoms with E-state index in [1.807, 2.05) is 24.3 Å². The third kappa shape index (κ3) is 4.29. The number of sulfonamides is 1. The first-order valence-electron chi connectivity index (χ1n) is 8.44. The van der Waals surface area contributed by atoms with Crippen LogP contribution in [0.2, 0.25) is 5.02 Å². The molecule has 0 amide bonds. The van der Waals surface area contributed by atoms with Gasteiger partial charge in [0.25, 0.3) is 0 Å². The normalized spacial score (nSPS) is 19.0. The van der Waals surface area contributed by atoms with Crippen molar-refractivity contribution in [1.82, 2.24) is 24.1 Å². The summed E-state index contributed by atoms with van der Waals surface area (Å²) in [6.07, 6.45) is 2.96. The van der Waals surface area contributed by atoms with Crippen LogP contribution in [0.25, 0.3) is 4.96 Å². The fraction of sp³-hybridized carbons (Fsp3) is 0.438. The van der Waals surface area contributed by atoms with Crippen molar-refractivity contribution in [2.24, 2.45) is 0 Å². The molecule has 0 radical (unpaired) electrons. The average molecular weight is 444 g/mol. The van der Waals surface area contributed by atoms with Crippen LogP contribution < -0.4 is 0 Å². The van der Waals surface area contributed by atoms with Gasteiger partial charge < -0.3 is 0 Å². The van der Waals surface area contributed by atoms with Gasteiger partial charge in [0.1, 0.15) is 5.01 Å². The largest absolute Gasteiger partial charge is 0.234 e. The summed E-state index contributed by atoms with van der Waals surface area (Å²) in [5, 5.41) is 14.9. The molecule has 1 unspecified atom stereocenters. The van der Waals surface area contributed by atoms with Crippen molar-refractivity contribution in [1.29, 1.82) is 0 Å². The van der Waals surface area contributed by atoms with Crippen LogP contribution in [-0.4, -0.2) is 51.9 Å². The smallest absolute Gasteiger partial charge is 0.213 e. The van der Waals surface area contributed by atoms with E-state index in [9.17, 15) is 8.42 Å². The number of fused-ring (bicyclic) bond motifs is 1. The first kappa shape index (κ1) is 19.1. The van der Waals surface area contributed by atoms with E-state index < -0.39 is 10.0 Å². The Balaban J connectivity index is 1.51. The molecule has 144 valence electrons. The fourth-order valence-electron chi connectivity index (χ4n) is 3.11. The lowest BCUT2D eigenvalue weighted by molar-refractivity contribution is 0.309. The van der Waals surface area contributed by atoms with Crippen molar-refractivity contribution in [3.05, 3.63) is 40.1 Å². The number of nitrogens with zero attached hydrogens (tertiary/aromatic N) is 5. The lowest BCUT2D eigenvalue weighted by atomic mass is 9.99. The Hall–Kier alpha value is -1.20. The van der Waals surface area contributed by atoms with Crippen molar-refractivity contribution < 1.29 is 8.42 Å². The number of hydrogen-bond donors (Lipinski definition) is 0. The Morgan fingerprint density at radius 2 is 2.07 bits per heavy atom. The van der Waals surface area contributed by atoms with Gasteiger partial charge in [-0.1, -0.05) is 22.9 Å². The number of hydrogen-bond acceptors (Lipinski definition) is 7. The highest BCUT2D eigenvalue weighted by Crippen LogP contribution is 2.30. The topological polar surface area (TPSA) is 80.5 Å². The number of benzene rings is 1. The molecule has 0 spiro atoms. The van der Waals surface area contributed by atoms with Gasteiger partial charge in [0.05, 0.1) is 12.0 Å². The van der Waals surface area contributed by atoms with Gasteiger partial charge in [0.15, 0.2) is 5.82 Å². The number of piperidine rings is 1. The van der Waals surface area contributed by atoms with E-state index in [2.05, 4.69) is 15.3 Å². The second-order valence-corrected chi connectivity index (χ2v) is 11.0. The van der Waals surface area contributed by atoms with Crippen LogP contribution in [-0.2, 0) is 15.8 Å². The zero-order valence-electron chi connectivity index (χ0n) is 14.6. The van der Waals surface area contributed by atoms with Crippen LogP contribution >= 0.6 is 34.7 Å². The summed E-state index contributed by atoms with van der Waals surface area (Å²) in [5.41, 5.74) is 0. The summed E-state index contributed by atoms with van der Waals surface area (Å²) >= 11 is 9.11. The summed E-state index contributed by atoms with van der Waals surface area (Å²) in [4.78, 5) is 1.87. The average Bonchev–Trinajstić information content (AvgIpc) is 3.21. The van der Waals surface area contributed by atoms with Crippen LogP contribution in [0.1, 0.15) is 29.6 Å². The van der Waals surface area contributed by atoms with E-state index in [-0.39, 0.29) is 5.92 Å². The Morgan fingerprint density at radius 3 is 2.81 bits per heavy atom. The highest BCUT2D eigenvalue weighted by molar-refractivity contribution is 7.98. The van der Waals surface area contributed by atoms with Crippen LogP contribution in [0.4, 0.5) is 0 Å². The number of rotatable bonds is 5. The monoisotopic (exact) mass is 443 g/mol. The zero-order valence-corrected chi connectivity index (χ0v) is 17.8. The van der Waals surface area contributed by atoms with Crippen LogP contribution in [0.15, 0.2) is 29.2 Å². The van der Waals surface area contributed by atoms with Gasteiger partial charge in [-0.05, 0) is 37.1 Å². The molecule has 3 aromatic rings. The quantitative estimate of drug-likeness (QED) is 0.563. The van der Waals surface area contributed by atoms with E-state index in [1.54, 1.807) is 16.3 Å². The second-order valence-electron chi connectivity index (χ2n) is 6.45. The molecule has 0 aliphatic carbocycles. The predicted octanol–water partition coefficient (Wildman–Crippen LogP) is 3.27. The Morgan fingerprint density at radius 1 is 1.30 bits per heavy atom. The summed E-state index contributed by atoms with van der Waals surface area (Å²) in [6, 6.07) is 7.72. The standard InChI is InChI=1S/C16H18ClN5O2S3/c1-27(23,24)21-8-2-3-11(9-21)15-18-19-16-22(15)20-14(26-16)10-25-13-6-4-12(17)5-7-13/h4-7,11H,2-3,8-10H2,1H3. The molecule has 1 aliphatic rings. The molecular weight excluding hydrogens is 426 g/mol. The maximum atomic E-state index is 11.9. The molecule has 0 N–H and O–H groups in total. The maximum Gasteiger partial charge on any atom is 0.234 e. The zero-order chi connectivity index (χ0) is 19.0. The van der Waals surface area contributed by atoms with E-state index in [4.69, 9.17) is 11.6 Å². The number of thioether (sulfide) groups is 1. The van der Waals surface area contributed by atoms with Crippen molar-refractivity contribution in [3.8, 4) is 0 Å². The molecule has 0 saturated carbocycles. The molecule has 7 nitrogen and oxygen atoms in total. The maximum absolute atomic E-state index is 11.9. The van der Waals surface area contributed by atoms with Gasteiger partial charge in [0.2, 0.25) is 15.0 Å². The highest BCUT2D eigenvalue weighted by atomic mass is 35.5. The minimum Gasteiger partial charge on any atom is -0.213 e. The molecule has 1 atom stereocenters. The number of aromatic nitrogens is 4. The van der Waals surface area contributed by atoms with E-state index in [1.165, 1.54) is 21.9 Å². The summed E-state index contributed by atoms with van der Waals surface area (Å²) in [5.74, 6) is 1.49. The van der Waals surface area contributed by atoms with Gasteiger partial charge in [-0.3, -0.25) is 0 Å². The molecule has 0 bridgehead atoms. The van der Waals surface area contributed by atoms with Gasteiger partial charge in [-0.15, -0.1) is 22.0 Å². The summed E-state index contributed by atoms with van der Waals surface area (Å²) in [7, 11) is -3.19. The van der Waals surface area contributed by atoms with Crippen LogP contribution in [0, 0.1) is 0 Å². The van der Waals surface area contributed by atoms with E-state index in [0.717, 1.165) is 44.3 Å². The van der Waals surface area contributed by atoms with Gasteiger partial charge in [0, 0.05) is 28.9 Å². The molecule has 4 rings (SSSR count). The minimum atomic E-state index is -3.19. The first-order chi connectivity index (χ1) is 12.9. The molecule has 3 heterocycles. The van der Waals surface area contributed by atoms with Gasteiger partial charge in [-0.25, -0.2) is 12.7 Å². The molecule has 1 aliphatic heterocycles. The molecule has 27 heavy (non-hydrogen) atoms. The van der Waals surface area contributed by atoms with Gasteiger partial charge >= 0.3 is 0 Å². The van der Waals surface area contributed by atoms with Crippen molar-refractivity contribution >= 4 is 49.7 Å². The Labute approximate surface area is 170 Å². The third-order valence-corrected chi connectivity index (χ3v) is 8.08.